The number of hydrogen-bond donors (Lipinski definition) is 2. The lowest BCUT2D eigenvalue weighted by Gasteiger charge is -2.15. The number of amides is 1. The minimum atomic E-state index is 0.307. The molecule has 2 N–H and O–H groups in total. The van der Waals surface area contributed by atoms with Crippen LogP contribution in [0, 0.1) is 0 Å². The number of hydrogen-bond acceptors (Lipinski definition) is 8. The van der Waals surface area contributed by atoms with Gasteiger partial charge in [-0.25, -0.2) is 15.0 Å². The summed E-state index contributed by atoms with van der Waals surface area (Å²) in [7, 11) is 3.41. The number of imidazole rings is 1. The SMILES string of the molecule is COc1c(Nc2cc(NC=O)nc3c2nc(COCc2ccccc2)n3PI)cccc1-c1ncn(C)n1. The van der Waals surface area contributed by atoms with Gasteiger partial charge in [0.05, 0.1) is 37.0 Å². The average molecular weight is 642 g/mol. The van der Waals surface area contributed by atoms with Gasteiger partial charge in [0.1, 0.15) is 30.1 Å². The molecule has 0 bridgehead atoms. The number of carbonyl (C=O) groups excluding carboxylic acids is 1. The fourth-order valence-corrected chi connectivity index (χ4v) is 5.95. The highest BCUT2D eigenvalue weighted by atomic mass is 127. The molecular weight excluding hydrogens is 618 g/mol. The summed E-state index contributed by atoms with van der Waals surface area (Å²) in [5.41, 5.74) is 4.44. The van der Waals surface area contributed by atoms with E-state index < -0.39 is 0 Å². The van der Waals surface area contributed by atoms with Gasteiger partial charge in [-0.1, -0.05) is 36.4 Å². The number of anilines is 3. The first kappa shape index (κ1) is 26.0. The smallest absolute Gasteiger partial charge is 0.212 e. The lowest BCUT2D eigenvalue weighted by molar-refractivity contribution is -0.105. The molecule has 2 aromatic carbocycles. The van der Waals surface area contributed by atoms with E-state index in [9.17, 15) is 4.79 Å². The number of methoxy groups -OCH3 is 1. The Kier molecular flexibility index (Phi) is 8.11. The van der Waals surface area contributed by atoms with Crippen molar-refractivity contribution in [3.05, 3.63) is 72.3 Å². The number of nitrogens with one attached hydrogen (secondary N) is 2. The summed E-state index contributed by atoms with van der Waals surface area (Å²) in [6.07, 6.45) is 2.56. The molecule has 0 aliphatic heterocycles. The van der Waals surface area contributed by atoms with Crippen molar-refractivity contribution in [1.29, 1.82) is 0 Å². The van der Waals surface area contributed by atoms with Crippen molar-refractivity contribution >= 4 is 63.2 Å². The van der Waals surface area contributed by atoms with Gasteiger partial charge in [-0.2, -0.15) is 5.10 Å². The van der Waals surface area contributed by atoms with Crippen molar-refractivity contribution in [3.63, 3.8) is 0 Å². The molecule has 38 heavy (non-hydrogen) atoms. The number of nitrogens with zero attached hydrogens (tertiary/aromatic N) is 6. The molecule has 0 fully saturated rings. The van der Waals surface area contributed by atoms with Gasteiger partial charge in [-0.05, 0) is 39.7 Å². The minimum Gasteiger partial charge on any atom is -0.494 e. The van der Waals surface area contributed by atoms with E-state index in [4.69, 9.17) is 14.5 Å². The Labute approximate surface area is 233 Å². The number of rotatable bonds is 11. The second-order valence-electron chi connectivity index (χ2n) is 8.17. The van der Waals surface area contributed by atoms with Gasteiger partial charge in [0.15, 0.2) is 17.2 Å². The Morgan fingerprint density at radius 1 is 1.08 bits per heavy atom. The number of aryl methyl sites for hydroxylation is 1. The number of carbonyl (C=O) groups is 1. The number of ether oxygens (including phenoxy) is 2. The van der Waals surface area contributed by atoms with Crippen LogP contribution in [0.5, 0.6) is 5.75 Å². The Morgan fingerprint density at radius 3 is 2.63 bits per heavy atom. The first-order valence-electron chi connectivity index (χ1n) is 11.5. The van der Waals surface area contributed by atoms with Crippen LogP contribution in [0.1, 0.15) is 11.4 Å². The monoisotopic (exact) mass is 642 g/mol. The van der Waals surface area contributed by atoms with Crippen molar-refractivity contribution in [3.8, 4) is 17.1 Å². The van der Waals surface area contributed by atoms with Gasteiger partial charge in [0.25, 0.3) is 0 Å². The van der Waals surface area contributed by atoms with Crippen LogP contribution in [0.4, 0.5) is 17.2 Å². The van der Waals surface area contributed by atoms with E-state index >= 15 is 0 Å². The molecule has 1 unspecified atom stereocenters. The van der Waals surface area contributed by atoms with Gasteiger partial charge in [0, 0.05) is 13.1 Å². The van der Waals surface area contributed by atoms with E-state index in [0.717, 1.165) is 17.0 Å². The molecule has 194 valence electrons. The van der Waals surface area contributed by atoms with Crippen LogP contribution in [-0.2, 0) is 29.8 Å². The van der Waals surface area contributed by atoms with Crippen molar-refractivity contribution < 1.29 is 14.3 Å². The largest absolute Gasteiger partial charge is 0.494 e. The maximum atomic E-state index is 11.3. The third-order valence-corrected chi connectivity index (χ3v) is 7.73. The predicted molar refractivity (Wildman–Crippen MR) is 156 cm³/mol. The first-order chi connectivity index (χ1) is 18.6. The van der Waals surface area contributed by atoms with Crippen LogP contribution < -0.4 is 15.4 Å². The molecular formula is C25H24IN8O3P. The van der Waals surface area contributed by atoms with Gasteiger partial charge < -0.3 is 20.1 Å². The number of benzene rings is 2. The maximum absolute atomic E-state index is 11.3. The van der Waals surface area contributed by atoms with Gasteiger partial charge >= 0.3 is 0 Å². The molecule has 0 saturated carbocycles. The van der Waals surface area contributed by atoms with Gasteiger partial charge in [-0.3, -0.25) is 13.8 Å². The lowest BCUT2D eigenvalue weighted by Crippen LogP contribution is -2.02. The number of fused-ring (bicyclic) bond motifs is 1. The Bertz CT molecular complexity index is 1570. The third-order valence-electron chi connectivity index (χ3n) is 5.65. The second kappa shape index (κ2) is 11.8. The first-order valence-corrected chi connectivity index (χ1v) is 15.6. The topological polar surface area (TPSA) is 121 Å². The highest BCUT2D eigenvalue weighted by Gasteiger charge is 2.20. The molecule has 11 nitrogen and oxygen atoms in total. The third kappa shape index (κ3) is 5.47. The fourth-order valence-electron chi connectivity index (χ4n) is 3.98. The van der Waals surface area contributed by atoms with E-state index in [1.165, 1.54) is 0 Å². The average Bonchev–Trinajstić information content (AvgIpc) is 3.52. The lowest BCUT2D eigenvalue weighted by atomic mass is 10.1. The number of aromatic nitrogens is 6. The molecule has 0 radical (unpaired) electrons. The summed E-state index contributed by atoms with van der Waals surface area (Å²) >= 11 is 2.29. The Hall–Kier alpha value is -3.61. The second-order valence-corrected chi connectivity index (χ2v) is 10.2. The highest BCUT2D eigenvalue weighted by Crippen LogP contribution is 2.39. The molecule has 5 aromatic rings. The summed E-state index contributed by atoms with van der Waals surface area (Å²) in [5, 5.41) is 10.5. The summed E-state index contributed by atoms with van der Waals surface area (Å²) in [6.45, 7) is 0.776. The molecule has 0 spiro atoms. The molecule has 1 amide bonds. The van der Waals surface area contributed by atoms with Crippen molar-refractivity contribution in [1.82, 2.24) is 29.1 Å². The summed E-state index contributed by atoms with van der Waals surface area (Å²) in [4.78, 5) is 25.2. The molecule has 0 saturated heterocycles. The van der Waals surface area contributed by atoms with Crippen LogP contribution in [0.2, 0.25) is 0 Å². The number of para-hydroxylation sites is 1. The maximum Gasteiger partial charge on any atom is 0.212 e. The van der Waals surface area contributed by atoms with Crippen molar-refractivity contribution in [2.75, 3.05) is 17.7 Å². The molecule has 0 aliphatic carbocycles. The van der Waals surface area contributed by atoms with Crippen molar-refractivity contribution in [2.45, 2.75) is 13.2 Å². The number of halogens is 1. The molecule has 5 rings (SSSR count). The standard InChI is InChI=1S/C25H24IN8O3P/c1-33-14-27-24(32-33)17-9-6-10-18(23(17)36-2)29-19-11-20(28-15-35)30-25-22(19)31-21(34(25)38-26)13-37-12-16-7-4-3-5-8-16/h3-11,14-15,38H,12-13H2,1-2H3,(H2,28,29,30,35). The van der Waals surface area contributed by atoms with Crippen LogP contribution in [0.25, 0.3) is 22.6 Å². The summed E-state index contributed by atoms with van der Waals surface area (Å²) in [5.74, 6) is 2.25. The zero-order valence-corrected chi connectivity index (χ0v) is 23.7. The van der Waals surface area contributed by atoms with Crippen LogP contribution >= 0.6 is 28.4 Å². The normalized spacial score (nSPS) is 11.3. The molecule has 3 aromatic heterocycles. The van der Waals surface area contributed by atoms with Crippen molar-refractivity contribution in [2.24, 2.45) is 7.05 Å². The van der Waals surface area contributed by atoms with Crippen LogP contribution in [0.3, 0.4) is 0 Å². The Morgan fingerprint density at radius 2 is 1.92 bits per heavy atom. The summed E-state index contributed by atoms with van der Waals surface area (Å²) < 4.78 is 15.4. The quantitative estimate of drug-likeness (QED) is 0.117. The minimum absolute atomic E-state index is 0.307. The fraction of sp³-hybridized carbons (Fsp3) is 0.160. The van der Waals surface area contributed by atoms with E-state index in [1.807, 2.05) is 59.9 Å². The number of pyridine rings is 1. The zero-order chi connectivity index (χ0) is 26.5. The molecule has 3 heterocycles. The molecule has 13 heteroatoms. The Balaban J connectivity index is 1.53. The van der Waals surface area contributed by atoms with Gasteiger partial charge in [-0.15, -0.1) is 0 Å². The van der Waals surface area contributed by atoms with Crippen LogP contribution in [-0.4, -0.2) is 42.6 Å². The van der Waals surface area contributed by atoms with E-state index in [0.29, 0.717) is 65.9 Å². The van der Waals surface area contributed by atoms with E-state index in [-0.39, 0.29) is 0 Å². The van der Waals surface area contributed by atoms with E-state index in [2.05, 4.69) is 47.7 Å². The van der Waals surface area contributed by atoms with Crippen LogP contribution in [0.15, 0.2) is 60.9 Å². The van der Waals surface area contributed by atoms with Gasteiger partial charge in [0.2, 0.25) is 6.41 Å². The molecule has 0 aliphatic rings. The summed E-state index contributed by atoms with van der Waals surface area (Å²) in [6, 6.07) is 17.4. The highest BCUT2D eigenvalue weighted by molar-refractivity contribution is 14.2. The predicted octanol–water partition coefficient (Wildman–Crippen LogP) is 5.06. The zero-order valence-electron chi connectivity index (χ0n) is 20.6. The van der Waals surface area contributed by atoms with E-state index in [1.54, 1.807) is 24.2 Å². The molecule has 1 atom stereocenters.